The molecule has 1 saturated heterocycles. The maximum atomic E-state index is 12.7. The van der Waals surface area contributed by atoms with Gasteiger partial charge in [-0.25, -0.2) is 4.79 Å². The second kappa shape index (κ2) is 5.26. The molecule has 0 spiro atoms. The van der Waals surface area contributed by atoms with E-state index in [9.17, 15) is 33.0 Å². The molecule has 1 fully saturated rings. The summed E-state index contributed by atoms with van der Waals surface area (Å²) < 4.78 is 42.3. The lowest BCUT2D eigenvalue weighted by atomic mass is 10.1. The maximum absolute atomic E-state index is 12.7. The molecule has 3 N–H and O–H groups in total. The summed E-state index contributed by atoms with van der Waals surface area (Å²) in [5.41, 5.74) is -3.36. The van der Waals surface area contributed by atoms with Gasteiger partial charge in [0.1, 0.15) is 18.3 Å². The standard InChI is InChI=1S/C10H11F3N2O6/c11-10(12,13)15-5(17)1-2-14(9(15)20)8-7(19)6(18)4(3-16)21-8/h1-2,4,6-8,16,18-19H,3H2/t4-,6-,7-,8-/m1/s1. The Morgan fingerprint density at radius 3 is 2.33 bits per heavy atom. The van der Waals surface area contributed by atoms with Gasteiger partial charge in [0.05, 0.1) is 6.61 Å². The van der Waals surface area contributed by atoms with Crippen LogP contribution in [0.1, 0.15) is 6.23 Å². The molecule has 4 atom stereocenters. The van der Waals surface area contributed by atoms with Crippen molar-refractivity contribution in [3.8, 4) is 0 Å². The Labute approximate surface area is 114 Å². The molecule has 21 heavy (non-hydrogen) atoms. The van der Waals surface area contributed by atoms with Gasteiger partial charge in [0.15, 0.2) is 6.23 Å². The minimum Gasteiger partial charge on any atom is -0.394 e. The van der Waals surface area contributed by atoms with Crippen molar-refractivity contribution in [3.05, 3.63) is 33.1 Å². The van der Waals surface area contributed by atoms with Crippen molar-refractivity contribution in [2.24, 2.45) is 0 Å². The molecule has 0 saturated carbocycles. The highest BCUT2D eigenvalue weighted by Crippen LogP contribution is 2.28. The van der Waals surface area contributed by atoms with Gasteiger partial charge in [-0.15, -0.1) is 13.2 Å². The maximum Gasteiger partial charge on any atom is 0.495 e. The van der Waals surface area contributed by atoms with E-state index in [-0.39, 0.29) is 0 Å². The van der Waals surface area contributed by atoms with Crippen molar-refractivity contribution in [2.45, 2.75) is 30.8 Å². The Morgan fingerprint density at radius 2 is 1.86 bits per heavy atom. The van der Waals surface area contributed by atoms with E-state index >= 15 is 0 Å². The van der Waals surface area contributed by atoms with Crippen LogP contribution in [0.3, 0.4) is 0 Å². The lowest BCUT2D eigenvalue weighted by molar-refractivity contribution is -0.210. The lowest BCUT2D eigenvalue weighted by Crippen LogP contribution is -2.47. The summed E-state index contributed by atoms with van der Waals surface area (Å²) in [6.07, 6.45) is -10.8. The summed E-state index contributed by atoms with van der Waals surface area (Å²) >= 11 is 0. The number of rotatable bonds is 2. The normalized spacial score (nSPS) is 29.8. The number of nitrogens with zero attached hydrogens (tertiary/aromatic N) is 2. The number of aliphatic hydroxyl groups excluding tert-OH is 3. The van der Waals surface area contributed by atoms with Crippen LogP contribution in [0.4, 0.5) is 13.2 Å². The van der Waals surface area contributed by atoms with Crippen LogP contribution in [-0.4, -0.2) is 49.4 Å². The highest BCUT2D eigenvalue weighted by atomic mass is 19.4. The Kier molecular flexibility index (Phi) is 3.93. The number of ether oxygens (including phenoxy) is 1. The Hall–Kier alpha value is -1.69. The van der Waals surface area contributed by atoms with E-state index in [0.717, 1.165) is 0 Å². The van der Waals surface area contributed by atoms with Gasteiger partial charge in [-0.2, -0.15) is 4.57 Å². The molecule has 8 nitrogen and oxygen atoms in total. The third-order valence-electron chi connectivity index (χ3n) is 3.06. The van der Waals surface area contributed by atoms with Crippen LogP contribution in [0.5, 0.6) is 0 Å². The quantitative estimate of drug-likeness (QED) is 0.588. The second-order valence-electron chi connectivity index (χ2n) is 4.38. The van der Waals surface area contributed by atoms with Crippen LogP contribution in [0.15, 0.2) is 21.9 Å². The summed E-state index contributed by atoms with van der Waals surface area (Å²) in [7, 11) is 0. The van der Waals surface area contributed by atoms with Gasteiger partial charge in [-0.05, 0) is 0 Å². The van der Waals surface area contributed by atoms with E-state index in [2.05, 4.69) is 0 Å². The number of hydrogen-bond donors (Lipinski definition) is 3. The Bertz CT molecular complexity index is 639. The van der Waals surface area contributed by atoms with Crippen molar-refractivity contribution in [2.75, 3.05) is 6.61 Å². The first-order valence-corrected chi connectivity index (χ1v) is 5.72. The molecule has 0 unspecified atom stereocenters. The van der Waals surface area contributed by atoms with Crippen LogP contribution < -0.4 is 11.2 Å². The van der Waals surface area contributed by atoms with E-state index < -0.39 is 53.3 Å². The number of halogens is 3. The van der Waals surface area contributed by atoms with Gasteiger partial charge >= 0.3 is 12.0 Å². The zero-order valence-corrected chi connectivity index (χ0v) is 10.3. The predicted octanol–water partition coefficient (Wildman–Crippen LogP) is -1.90. The fourth-order valence-electron chi connectivity index (χ4n) is 2.03. The summed E-state index contributed by atoms with van der Waals surface area (Å²) in [4.78, 5) is 22.9. The molecule has 1 aliphatic heterocycles. The number of aliphatic hydroxyl groups is 3. The number of alkyl halides is 3. The topological polar surface area (TPSA) is 114 Å². The largest absolute Gasteiger partial charge is 0.495 e. The third kappa shape index (κ3) is 2.60. The zero-order valence-electron chi connectivity index (χ0n) is 10.3. The molecule has 2 rings (SSSR count). The first-order chi connectivity index (χ1) is 9.68. The van der Waals surface area contributed by atoms with Crippen LogP contribution in [0.2, 0.25) is 0 Å². The highest BCUT2D eigenvalue weighted by molar-refractivity contribution is 4.95. The monoisotopic (exact) mass is 312 g/mol. The molecule has 0 amide bonds. The van der Waals surface area contributed by atoms with E-state index in [4.69, 9.17) is 9.84 Å². The van der Waals surface area contributed by atoms with Crippen molar-refractivity contribution < 1.29 is 33.2 Å². The van der Waals surface area contributed by atoms with Gasteiger partial charge < -0.3 is 20.1 Å². The zero-order chi connectivity index (χ0) is 15.9. The van der Waals surface area contributed by atoms with Crippen molar-refractivity contribution >= 4 is 0 Å². The van der Waals surface area contributed by atoms with Crippen LogP contribution in [0, 0.1) is 0 Å². The van der Waals surface area contributed by atoms with E-state index in [1.165, 1.54) is 0 Å². The molecule has 118 valence electrons. The predicted molar refractivity (Wildman–Crippen MR) is 59.3 cm³/mol. The molecule has 0 aromatic carbocycles. The van der Waals surface area contributed by atoms with Gasteiger partial charge in [0, 0.05) is 12.3 Å². The van der Waals surface area contributed by atoms with E-state index in [1.54, 1.807) is 0 Å². The number of hydrogen-bond acceptors (Lipinski definition) is 6. The molecule has 11 heteroatoms. The van der Waals surface area contributed by atoms with Gasteiger partial charge in [0.2, 0.25) is 0 Å². The first-order valence-electron chi connectivity index (χ1n) is 5.72. The molecular weight excluding hydrogens is 301 g/mol. The van der Waals surface area contributed by atoms with Crippen molar-refractivity contribution in [3.63, 3.8) is 0 Å². The SMILES string of the molecule is O=c1ccn([C@@H]2O[C@H](CO)[C@@H](O)[C@H]2O)c(=O)n1C(F)(F)F. The van der Waals surface area contributed by atoms with Crippen LogP contribution >= 0.6 is 0 Å². The molecule has 0 bridgehead atoms. The molecule has 1 aromatic rings. The Morgan fingerprint density at radius 1 is 1.24 bits per heavy atom. The highest BCUT2D eigenvalue weighted by Gasteiger charge is 2.45. The second-order valence-corrected chi connectivity index (χ2v) is 4.38. The first kappa shape index (κ1) is 15.7. The fraction of sp³-hybridized carbons (Fsp3) is 0.600. The minimum atomic E-state index is -5.24. The van der Waals surface area contributed by atoms with Gasteiger partial charge in [-0.1, -0.05) is 0 Å². The molecule has 2 heterocycles. The molecular formula is C10H11F3N2O6. The summed E-state index contributed by atoms with van der Waals surface area (Å²) in [6, 6.07) is 0.476. The molecule has 0 radical (unpaired) electrons. The fourth-order valence-corrected chi connectivity index (χ4v) is 2.03. The lowest BCUT2D eigenvalue weighted by Gasteiger charge is -2.19. The van der Waals surface area contributed by atoms with Gasteiger partial charge in [-0.3, -0.25) is 9.36 Å². The van der Waals surface area contributed by atoms with Gasteiger partial charge in [0.25, 0.3) is 5.56 Å². The summed E-state index contributed by atoms with van der Waals surface area (Å²) in [6.45, 7) is -0.706. The van der Waals surface area contributed by atoms with Crippen LogP contribution in [-0.2, 0) is 11.0 Å². The Balaban J connectivity index is 2.53. The average molecular weight is 312 g/mol. The molecule has 0 aliphatic carbocycles. The van der Waals surface area contributed by atoms with E-state index in [0.29, 0.717) is 16.8 Å². The molecule has 1 aliphatic rings. The minimum absolute atomic E-state index is 0.332. The van der Waals surface area contributed by atoms with E-state index in [1.807, 2.05) is 0 Å². The average Bonchev–Trinajstić information content (AvgIpc) is 2.65. The third-order valence-corrected chi connectivity index (χ3v) is 3.06. The van der Waals surface area contributed by atoms with Crippen molar-refractivity contribution in [1.82, 2.24) is 9.13 Å². The smallest absolute Gasteiger partial charge is 0.394 e. The van der Waals surface area contributed by atoms with Crippen LogP contribution in [0.25, 0.3) is 0 Å². The number of aromatic nitrogens is 2. The molecule has 1 aromatic heterocycles. The van der Waals surface area contributed by atoms with Crippen molar-refractivity contribution in [1.29, 1.82) is 0 Å². The summed E-state index contributed by atoms with van der Waals surface area (Å²) in [5.74, 6) is 0. The summed E-state index contributed by atoms with van der Waals surface area (Å²) in [5, 5.41) is 28.1.